The molecule has 0 aromatic carbocycles. The Hall–Kier alpha value is -0.650. The lowest BCUT2D eigenvalue weighted by atomic mass is 9.79. The molecule has 0 radical (unpaired) electrons. The minimum absolute atomic E-state index is 0.291. The molecule has 5 unspecified atom stereocenters. The van der Waals surface area contributed by atoms with Crippen molar-refractivity contribution < 1.29 is 24.9 Å². The van der Waals surface area contributed by atoms with Gasteiger partial charge in [0, 0.05) is 5.92 Å². The van der Waals surface area contributed by atoms with E-state index in [1.165, 1.54) is 6.92 Å². The van der Waals surface area contributed by atoms with E-state index >= 15 is 0 Å². The van der Waals surface area contributed by atoms with Crippen LogP contribution in [-0.2, 0) is 9.53 Å². The Labute approximate surface area is 82.3 Å². The van der Waals surface area contributed by atoms with E-state index in [-0.39, 0.29) is 12.0 Å². The topological polar surface area (TPSA) is 87.0 Å². The second kappa shape index (κ2) is 3.49. The normalized spacial score (nSPS) is 48.9. The third-order valence-corrected chi connectivity index (χ3v) is 2.94. The summed E-state index contributed by atoms with van der Waals surface area (Å²) in [6, 6.07) is 0. The first-order chi connectivity index (χ1) is 6.28. The SMILES string of the molecule is CC1OC(C(=O)O)C(C)(O)C(O)C1C. The molecular weight excluding hydrogens is 188 g/mol. The highest BCUT2D eigenvalue weighted by Gasteiger charge is 2.52. The third kappa shape index (κ3) is 1.63. The van der Waals surface area contributed by atoms with Crippen LogP contribution in [0.25, 0.3) is 0 Å². The number of carboxylic acids is 1. The van der Waals surface area contributed by atoms with E-state index in [1.54, 1.807) is 13.8 Å². The van der Waals surface area contributed by atoms with Crippen molar-refractivity contribution in [3.63, 3.8) is 0 Å². The van der Waals surface area contributed by atoms with Gasteiger partial charge in [-0.05, 0) is 13.8 Å². The molecule has 1 rings (SSSR count). The molecule has 0 aromatic heterocycles. The molecule has 1 heterocycles. The Morgan fingerprint density at radius 3 is 2.36 bits per heavy atom. The molecule has 0 aromatic rings. The fourth-order valence-electron chi connectivity index (χ4n) is 1.73. The van der Waals surface area contributed by atoms with Crippen LogP contribution >= 0.6 is 0 Å². The number of aliphatic hydroxyl groups excluding tert-OH is 1. The lowest BCUT2D eigenvalue weighted by Gasteiger charge is -2.45. The number of hydrogen-bond donors (Lipinski definition) is 3. The minimum Gasteiger partial charge on any atom is -0.479 e. The van der Waals surface area contributed by atoms with Crippen LogP contribution in [0.3, 0.4) is 0 Å². The van der Waals surface area contributed by atoms with E-state index in [2.05, 4.69) is 0 Å². The summed E-state index contributed by atoms with van der Waals surface area (Å²) in [6.07, 6.45) is -2.85. The summed E-state index contributed by atoms with van der Waals surface area (Å²) in [5.41, 5.74) is -1.74. The third-order valence-electron chi connectivity index (χ3n) is 2.94. The molecule has 3 N–H and O–H groups in total. The van der Waals surface area contributed by atoms with Gasteiger partial charge in [0.25, 0.3) is 0 Å². The number of carboxylic acid groups (broad SMARTS) is 1. The van der Waals surface area contributed by atoms with Gasteiger partial charge in [0.2, 0.25) is 0 Å². The fourth-order valence-corrected chi connectivity index (χ4v) is 1.73. The zero-order chi connectivity index (χ0) is 11.1. The summed E-state index contributed by atoms with van der Waals surface area (Å²) in [5.74, 6) is -1.55. The molecule has 14 heavy (non-hydrogen) atoms. The first-order valence-electron chi connectivity index (χ1n) is 4.57. The molecule has 0 aliphatic carbocycles. The van der Waals surface area contributed by atoms with Crippen LogP contribution in [-0.4, -0.2) is 45.2 Å². The molecule has 1 fully saturated rings. The molecule has 1 saturated heterocycles. The van der Waals surface area contributed by atoms with Crippen molar-refractivity contribution in [2.75, 3.05) is 0 Å². The Bertz CT molecular complexity index is 237. The van der Waals surface area contributed by atoms with Crippen molar-refractivity contribution in [3.8, 4) is 0 Å². The predicted molar refractivity (Wildman–Crippen MR) is 47.8 cm³/mol. The molecule has 0 amide bonds. The van der Waals surface area contributed by atoms with Gasteiger partial charge in [0.15, 0.2) is 6.10 Å². The van der Waals surface area contributed by atoms with Crippen LogP contribution in [0.4, 0.5) is 0 Å². The maximum Gasteiger partial charge on any atom is 0.335 e. The van der Waals surface area contributed by atoms with Crippen LogP contribution in [0, 0.1) is 5.92 Å². The Morgan fingerprint density at radius 1 is 1.43 bits per heavy atom. The van der Waals surface area contributed by atoms with Gasteiger partial charge >= 0.3 is 5.97 Å². The number of rotatable bonds is 1. The zero-order valence-corrected chi connectivity index (χ0v) is 8.47. The average Bonchev–Trinajstić information content (AvgIpc) is 2.08. The summed E-state index contributed by atoms with van der Waals surface area (Å²) in [6.45, 7) is 4.67. The predicted octanol–water partition coefficient (Wildman–Crippen LogP) is -0.394. The van der Waals surface area contributed by atoms with E-state index in [0.29, 0.717) is 0 Å². The summed E-state index contributed by atoms with van der Waals surface area (Å²) in [5, 5.41) is 28.3. The van der Waals surface area contributed by atoms with Crippen molar-refractivity contribution in [1.29, 1.82) is 0 Å². The van der Waals surface area contributed by atoms with Crippen LogP contribution in [0.1, 0.15) is 20.8 Å². The fraction of sp³-hybridized carbons (Fsp3) is 0.889. The largest absolute Gasteiger partial charge is 0.479 e. The molecule has 82 valence electrons. The summed E-state index contributed by atoms with van der Waals surface area (Å²) < 4.78 is 5.14. The highest BCUT2D eigenvalue weighted by Crippen LogP contribution is 2.33. The molecule has 5 atom stereocenters. The maximum absolute atomic E-state index is 10.8. The molecule has 0 saturated carbocycles. The molecular formula is C9H16O5. The van der Waals surface area contributed by atoms with E-state index in [9.17, 15) is 15.0 Å². The van der Waals surface area contributed by atoms with Gasteiger partial charge in [-0.1, -0.05) is 6.92 Å². The van der Waals surface area contributed by atoms with Gasteiger partial charge < -0.3 is 20.1 Å². The number of aliphatic carboxylic acids is 1. The number of aliphatic hydroxyl groups is 2. The number of ether oxygens (including phenoxy) is 1. The second-order valence-corrected chi connectivity index (χ2v) is 4.09. The van der Waals surface area contributed by atoms with E-state index in [1.807, 2.05) is 0 Å². The van der Waals surface area contributed by atoms with Gasteiger partial charge in [-0.3, -0.25) is 0 Å². The van der Waals surface area contributed by atoms with Crippen LogP contribution in [0.15, 0.2) is 0 Å². The minimum atomic E-state index is -1.74. The van der Waals surface area contributed by atoms with Crippen molar-refractivity contribution in [3.05, 3.63) is 0 Å². The van der Waals surface area contributed by atoms with E-state index in [0.717, 1.165) is 0 Å². The van der Waals surface area contributed by atoms with Crippen molar-refractivity contribution in [1.82, 2.24) is 0 Å². The lowest BCUT2D eigenvalue weighted by molar-refractivity contribution is -0.242. The standard InChI is InChI=1S/C9H16O5/c1-4-5(2)14-7(8(11)12)9(3,13)6(4)10/h4-7,10,13H,1-3H3,(H,11,12). The van der Waals surface area contributed by atoms with E-state index < -0.39 is 23.8 Å². The highest BCUT2D eigenvalue weighted by molar-refractivity contribution is 5.74. The van der Waals surface area contributed by atoms with Crippen molar-refractivity contribution in [2.45, 2.75) is 44.7 Å². The second-order valence-electron chi connectivity index (χ2n) is 4.09. The van der Waals surface area contributed by atoms with Gasteiger partial charge in [0.05, 0.1) is 12.2 Å². The number of carbonyl (C=O) groups is 1. The molecule has 5 heteroatoms. The Kier molecular flexibility index (Phi) is 2.85. The first-order valence-corrected chi connectivity index (χ1v) is 4.57. The van der Waals surface area contributed by atoms with E-state index in [4.69, 9.17) is 9.84 Å². The van der Waals surface area contributed by atoms with Crippen molar-refractivity contribution in [2.24, 2.45) is 5.92 Å². The van der Waals surface area contributed by atoms with Gasteiger partial charge in [-0.25, -0.2) is 4.79 Å². The zero-order valence-electron chi connectivity index (χ0n) is 8.47. The Morgan fingerprint density at radius 2 is 1.93 bits per heavy atom. The molecule has 1 aliphatic rings. The Balaban J connectivity index is 2.95. The van der Waals surface area contributed by atoms with Crippen molar-refractivity contribution >= 4 is 5.97 Å². The molecule has 1 aliphatic heterocycles. The quantitative estimate of drug-likeness (QED) is 0.541. The summed E-state index contributed by atoms with van der Waals surface area (Å²) >= 11 is 0. The smallest absolute Gasteiger partial charge is 0.335 e. The average molecular weight is 204 g/mol. The summed E-state index contributed by atoms with van der Waals surface area (Å²) in [7, 11) is 0. The maximum atomic E-state index is 10.8. The van der Waals surface area contributed by atoms with Gasteiger partial charge in [0.1, 0.15) is 5.60 Å². The lowest BCUT2D eigenvalue weighted by Crippen LogP contribution is -2.63. The summed E-state index contributed by atoms with van der Waals surface area (Å²) in [4.78, 5) is 10.8. The van der Waals surface area contributed by atoms with Crippen LogP contribution < -0.4 is 0 Å². The number of hydrogen-bond acceptors (Lipinski definition) is 4. The van der Waals surface area contributed by atoms with Gasteiger partial charge in [-0.15, -0.1) is 0 Å². The first kappa shape index (κ1) is 11.4. The highest BCUT2D eigenvalue weighted by atomic mass is 16.5. The monoisotopic (exact) mass is 204 g/mol. The van der Waals surface area contributed by atoms with Gasteiger partial charge in [-0.2, -0.15) is 0 Å². The van der Waals surface area contributed by atoms with Crippen LogP contribution in [0.5, 0.6) is 0 Å². The molecule has 5 nitrogen and oxygen atoms in total. The molecule has 0 spiro atoms. The van der Waals surface area contributed by atoms with Crippen LogP contribution in [0.2, 0.25) is 0 Å². The molecule has 0 bridgehead atoms.